The molecule has 0 bridgehead atoms. The molecule has 0 saturated heterocycles. The van der Waals surface area contributed by atoms with Crippen LogP contribution in [-0.4, -0.2) is 5.54 Å². The Balaban J connectivity index is 0.00000196. The fraction of sp³-hybridized carbons (Fsp3) is 0.500. The molecule has 1 aromatic rings. The first-order valence-electron chi connectivity index (χ1n) is 4.99. The average molecular weight is 248 g/mol. The van der Waals surface area contributed by atoms with E-state index in [0.717, 1.165) is 11.4 Å². The standard InChI is InChI=1S/C12H18ClN.ClH/c1-9(12(2,3)14)8-10-4-6-11(13)7-5-10;/h4-7,9H,8,14H2,1-3H3;1H. The first-order valence-corrected chi connectivity index (χ1v) is 5.37. The molecule has 0 fully saturated rings. The van der Waals surface area contributed by atoms with Gasteiger partial charge in [0.2, 0.25) is 0 Å². The van der Waals surface area contributed by atoms with Gasteiger partial charge in [-0.25, -0.2) is 0 Å². The fourth-order valence-corrected chi connectivity index (χ4v) is 1.38. The number of hydrogen-bond acceptors (Lipinski definition) is 0. The van der Waals surface area contributed by atoms with Crippen LogP contribution >= 0.6 is 11.6 Å². The lowest BCUT2D eigenvalue weighted by Gasteiger charge is -2.23. The van der Waals surface area contributed by atoms with Crippen LogP contribution in [0, 0.1) is 5.92 Å². The molecule has 1 unspecified atom stereocenters. The number of rotatable bonds is 3. The highest BCUT2D eigenvalue weighted by atomic mass is 35.5. The molecular formula is C12H19Cl2N. The second-order valence-corrected chi connectivity index (χ2v) is 5.16. The Morgan fingerprint density at radius 2 is 1.73 bits per heavy atom. The normalized spacial score (nSPS) is 13.1. The number of benzene rings is 1. The van der Waals surface area contributed by atoms with Gasteiger partial charge in [0.15, 0.2) is 0 Å². The van der Waals surface area contributed by atoms with Crippen molar-refractivity contribution in [3.05, 3.63) is 34.9 Å². The van der Waals surface area contributed by atoms with Crippen molar-refractivity contribution in [2.24, 2.45) is 5.92 Å². The Bertz CT molecular complexity index is 287. The summed E-state index contributed by atoms with van der Waals surface area (Å²) in [4.78, 5) is 0. The predicted molar refractivity (Wildman–Crippen MR) is 61.3 cm³/mol. The Kier molecular flexibility index (Phi) is 5.65. The molecule has 1 rings (SSSR count). The fourth-order valence-electron chi connectivity index (χ4n) is 1.25. The van der Waals surface area contributed by atoms with E-state index < -0.39 is 0 Å². The van der Waals surface area contributed by atoms with Gasteiger partial charge in [0.25, 0.3) is 0 Å². The summed E-state index contributed by atoms with van der Waals surface area (Å²) in [5, 5.41) is 0.801. The molecular weight excluding hydrogens is 229 g/mol. The Morgan fingerprint density at radius 3 is 2.13 bits per heavy atom. The topological polar surface area (TPSA) is 27.6 Å². The highest BCUT2D eigenvalue weighted by Gasteiger charge is 2.24. The van der Waals surface area contributed by atoms with E-state index in [1.807, 2.05) is 12.1 Å². The van der Waals surface area contributed by atoms with E-state index in [0.29, 0.717) is 5.92 Å². The highest BCUT2D eigenvalue weighted by Crippen LogP contribution is 2.18. The summed E-state index contributed by atoms with van der Waals surface area (Å²) >= 11 is 5.83. The molecule has 0 aliphatic carbocycles. The van der Waals surface area contributed by atoms with Crippen LogP contribution in [0.2, 0.25) is 5.02 Å². The van der Waals surface area contributed by atoms with Crippen molar-refractivity contribution in [3.63, 3.8) is 0 Å². The summed E-state index contributed by atoms with van der Waals surface area (Å²) in [5.41, 5.74) is 5.61. The minimum Gasteiger partial charge on any atom is -1.00 e. The van der Waals surface area contributed by atoms with Gasteiger partial charge in [-0.3, -0.25) is 0 Å². The lowest BCUT2D eigenvalue weighted by Crippen LogP contribution is -3.00. The van der Waals surface area contributed by atoms with Crippen LogP contribution in [0.4, 0.5) is 0 Å². The van der Waals surface area contributed by atoms with Gasteiger partial charge in [-0.1, -0.05) is 30.7 Å². The predicted octanol–water partition coefficient (Wildman–Crippen LogP) is -0.457. The molecule has 15 heavy (non-hydrogen) atoms. The highest BCUT2D eigenvalue weighted by molar-refractivity contribution is 6.30. The van der Waals surface area contributed by atoms with Crippen LogP contribution in [0.3, 0.4) is 0 Å². The second-order valence-electron chi connectivity index (χ2n) is 4.72. The SMILES string of the molecule is CC(Cc1ccc(Cl)cc1)C(C)(C)[NH3+].[Cl-]. The molecule has 0 aliphatic rings. The third-order valence-electron chi connectivity index (χ3n) is 2.79. The van der Waals surface area contributed by atoms with Crippen molar-refractivity contribution in [3.8, 4) is 0 Å². The minimum absolute atomic E-state index is 0. The maximum atomic E-state index is 5.83. The van der Waals surface area contributed by atoms with Crippen molar-refractivity contribution in [1.29, 1.82) is 0 Å². The van der Waals surface area contributed by atoms with Crippen molar-refractivity contribution in [2.75, 3.05) is 0 Å². The molecule has 3 N–H and O–H groups in total. The molecule has 1 aromatic carbocycles. The van der Waals surface area contributed by atoms with Gasteiger partial charge in [0, 0.05) is 10.9 Å². The smallest absolute Gasteiger partial charge is 0.0917 e. The van der Waals surface area contributed by atoms with E-state index in [4.69, 9.17) is 11.6 Å². The summed E-state index contributed by atoms with van der Waals surface area (Å²) in [7, 11) is 0. The molecule has 86 valence electrons. The summed E-state index contributed by atoms with van der Waals surface area (Å²) in [6, 6.07) is 8.06. The molecule has 1 nitrogen and oxygen atoms in total. The van der Waals surface area contributed by atoms with E-state index >= 15 is 0 Å². The van der Waals surface area contributed by atoms with Gasteiger partial charge in [-0.2, -0.15) is 0 Å². The van der Waals surface area contributed by atoms with Gasteiger partial charge in [-0.05, 0) is 38.0 Å². The lowest BCUT2D eigenvalue weighted by molar-refractivity contribution is -0.479. The monoisotopic (exact) mass is 247 g/mol. The van der Waals surface area contributed by atoms with Gasteiger partial charge in [0.1, 0.15) is 0 Å². The summed E-state index contributed by atoms with van der Waals surface area (Å²) in [6.45, 7) is 6.59. The summed E-state index contributed by atoms with van der Waals surface area (Å²) < 4.78 is 0. The summed E-state index contributed by atoms with van der Waals surface area (Å²) in [5.74, 6) is 0.573. The number of halogens is 2. The van der Waals surface area contributed by atoms with Crippen LogP contribution in [0.25, 0.3) is 0 Å². The van der Waals surface area contributed by atoms with E-state index in [9.17, 15) is 0 Å². The van der Waals surface area contributed by atoms with Gasteiger partial charge in [0.05, 0.1) is 5.54 Å². The van der Waals surface area contributed by atoms with Gasteiger partial charge in [-0.15, -0.1) is 0 Å². The Hall–Kier alpha value is -0.240. The second kappa shape index (κ2) is 5.74. The van der Waals surface area contributed by atoms with E-state index in [1.54, 1.807) is 0 Å². The molecule has 0 saturated carbocycles. The van der Waals surface area contributed by atoms with Gasteiger partial charge < -0.3 is 18.1 Å². The quantitative estimate of drug-likeness (QED) is 0.750. The van der Waals surface area contributed by atoms with Crippen molar-refractivity contribution < 1.29 is 18.1 Å². The number of hydrogen-bond donors (Lipinski definition) is 1. The molecule has 0 spiro atoms. The third kappa shape index (κ3) is 4.87. The van der Waals surface area contributed by atoms with Gasteiger partial charge >= 0.3 is 0 Å². The van der Waals surface area contributed by atoms with E-state index in [1.165, 1.54) is 5.56 Å². The first kappa shape index (κ1) is 14.8. The van der Waals surface area contributed by atoms with Crippen molar-refractivity contribution in [1.82, 2.24) is 0 Å². The van der Waals surface area contributed by atoms with E-state index in [2.05, 4.69) is 38.6 Å². The van der Waals surface area contributed by atoms with Crippen LogP contribution in [0.15, 0.2) is 24.3 Å². The van der Waals surface area contributed by atoms with Crippen LogP contribution in [0.1, 0.15) is 26.3 Å². The zero-order chi connectivity index (χ0) is 10.8. The molecule has 1 atom stereocenters. The first-order chi connectivity index (χ1) is 6.39. The largest absolute Gasteiger partial charge is 1.00 e. The lowest BCUT2D eigenvalue weighted by atomic mass is 9.85. The van der Waals surface area contributed by atoms with Crippen molar-refractivity contribution in [2.45, 2.75) is 32.7 Å². The zero-order valence-corrected chi connectivity index (χ0v) is 11.1. The van der Waals surface area contributed by atoms with Crippen LogP contribution in [0.5, 0.6) is 0 Å². The molecule has 3 heteroatoms. The maximum Gasteiger partial charge on any atom is 0.0917 e. The molecule has 0 aliphatic heterocycles. The molecule has 0 aromatic heterocycles. The minimum atomic E-state index is 0. The van der Waals surface area contributed by atoms with Crippen LogP contribution < -0.4 is 18.1 Å². The Morgan fingerprint density at radius 1 is 1.27 bits per heavy atom. The Labute approximate surface area is 103 Å². The third-order valence-corrected chi connectivity index (χ3v) is 3.04. The number of quaternary nitrogens is 1. The van der Waals surface area contributed by atoms with E-state index in [-0.39, 0.29) is 17.9 Å². The molecule has 0 radical (unpaired) electrons. The average Bonchev–Trinajstić information content (AvgIpc) is 2.07. The van der Waals surface area contributed by atoms with Crippen molar-refractivity contribution >= 4 is 11.6 Å². The molecule has 0 amide bonds. The summed E-state index contributed by atoms with van der Waals surface area (Å²) in [6.07, 6.45) is 1.06. The zero-order valence-electron chi connectivity index (χ0n) is 9.56. The molecule has 0 heterocycles. The maximum absolute atomic E-state index is 5.83. The van der Waals surface area contributed by atoms with Crippen LogP contribution in [-0.2, 0) is 6.42 Å².